The van der Waals surface area contributed by atoms with E-state index in [1.165, 1.54) is 0 Å². The summed E-state index contributed by atoms with van der Waals surface area (Å²) in [5, 5.41) is 2.71. The molecule has 0 aliphatic rings. The highest BCUT2D eigenvalue weighted by Crippen LogP contribution is 2.00. The summed E-state index contributed by atoms with van der Waals surface area (Å²) in [5.41, 5.74) is 8.32. The van der Waals surface area contributed by atoms with Crippen LogP contribution in [-0.4, -0.2) is 11.8 Å². The molecule has 0 aromatic carbocycles. The Morgan fingerprint density at radius 2 is 1.92 bits per heavy atom. The van der Waals surface area contributed by atoms with Crippen molar-refractivity contribution in [2.24, 2.45) is 11.0 Å². The van der Waals surface area contributed by atoms with Crippen LogP contribution < -0.4 is 11.3 Å². The fourth-order valence-corrected chi connectivity index (χ4v) is 0.690. The molecule has 0 heterocycles. The van der Waals surface area contributed by atoms with Gasteiger partial charge in [0.25, 0.3) is 5.91 Å². The molecule has 0 spiro atoms. The van der Waals surface area contributed by atoms with Crippen molar-refractivity contribution in [2.45, 2.75) is 25.7 Å². The van der Waals surface area contributed by atoms with Crippen LogP contribution >= 0.6 is 0 Å². The third-order valence-electron chi connectivity index (χ3n) is 1.33. The predicted octanol–water partition coefficient (Wildman–Crippen LogP) is 0.0943. The quantitative estimate of drug-likeness (QED) is 0.180. The zero-order chi connectivity index (χ0) is 9.40. The van der Waals surface area contributed by atoms with Crippen molar-refractivity contribution in [3.63, 3.8) is 0 Å². The van der Waals surface area contributed by atoms with E-state index >= 15 is 0 Å². The molecule has 4 N–H and O–H groups in total. The fourth-order valence-electron chi connectivity index (χ4n) is 0.690. The number of amides is 2. The monoisotopic (exact) mass is 172 g/mol. The fraction of sp³-hybridized carbons (Fsp3) is 0.667. The van der Waals surface area contributed by atoms with E-state index in [0.29, 0.717) is 19.3 Å². The molecule has 0 bridgehead atoms. The molecular formula is C6H12N4O2. The number of nitrogens with zero attached hydrogens (tertiary/aromatic N) is 1. The van der Waals surface area contributed by atoms with Gasteiger partial charge in [-0.15, -0.1) is 5.11 Å². The number of hydrogen-bond donors (Lipinski definition) is 3. The highest BCUT2D eigenvalue weighted by atomic mass is 16.2. The molecule has 0 unspecified atom stereocenters. The standard InChI is InChI=1S/C6H12N4O2/c7-9-5(11)3-1-2-4-6(12)10-8/h7H,1-4,8H2,(H,10,12). The SMILES string of the molecule is N=NC(=O)CCCCC(=O)NN. The topological polar surface area (TPSA) is 108 Å². The molecule has 2 amide bonds. The molecular weight excluding hydrogens is 160 g/mol. The van der Waals surface area contributed by atoms with Crippen LogP contribution in [0.1, 0.15) is 25.7 Å². The summed E-state index contributed by atoms with van der Waals surface area (Å²) in [6.07, 6.45) is 1.68. The Hall–Kier alpha value is -1.30. The molecule has 0 aromatic rings. The Bertz CT molecular complexity index is 180. The molecule has 0 saturated heterocycles. The lowest BCUT2D eigenvalue weighted by Crippen LogP contribution is -2.29. The first-order valence-electron chi connectivity index (χ1n) is 3.60. The van der Waals surface area contributed by atoms with E-state index in [-0.39, 0.29) is 12.3 Å². The molecule has 68 valence electrons. The van der Waals surface area contributed by atoms with Gasteiger partial charge in [0, 0.05) is 12.8 Å². The van der Waals surface area contributed by atoms with Crippen LogP contribution in [-0.2, 0) is 9.59 Å². The van der Waals surface area contributed by atoms with Crippen LogP contribution in [0, 0.1) is 5.53 Å². The van der Waals surface area contributed by atoms with Crippen molar-refractivity contribution in [1.82, 2.24) is 5.43 Å². The van der Waals surface area contributed by atoms with Gasteiger partial charge in [0.1, 0.15) is 0 Å². The second kappa shape index (κ2) is 6.41. The van der Waals surface area contributed by atoms with Crippen molar-refractivity contribution in [1.29, 1.82) is 5.53 Å². The molecule has 6 heteroatoms. The van der Waals surface area contributed by atoms with Gasteiger partial charge in [-0.25, -0.2) is 11.4 Å². The van der Waals surface area contributed by atoms with Gasteiger partial charge in [-0.05, 0) is 12.8 Å². The number of carbonyl (C=O) groups is 2. The number of carbonyl (C=O) groups excluding carboxylic acids is 2. The van der Waals surface area contributed by atoms with Gasteiger partial charge >= 0.3 is 0 Å². The summed E-state index contributed by atoms with van der Waals surface area (Å²) in [6.45, 7) is 0. The summed E-state index contributed by atoms with van der Waals surface area (Å²) >= 11 is 0. The first-order valence-corrected chi connectivity index (χ1v) is 3.60. The smallest absolute Gasteiger partial charge is 0.264 e. The molecule has 0 aliphatic heterocycles. The van der Waals surface area contributed by atoms with E-state index < -0.39 is 5.91 Å². The average Bonchev–Trinajstić information content (AvgIpc) is 2.11. The van der Waals surface area contributed by atoms with Crippen LogP contribution in [0.3, 0.4) is 0 Å². The minimum Gasteiger partial charge on any atom is -0.294 e. The minimum atomic E-state index is -0.455. The summed E-state index contributed by atoms with van der Waals surface area (Å²) in [7, 11) is 0. The van der Waals surface area contributed by atoms with Gasteiger partial charge in [0.2, 0.25) is 5.91 Å². The second-order valence-corrected chi connectivity index (χ2v) is 2.28. The van der Waals surface area contributed by atoms with Gasteiger partial charge in [0.15, 0.2) is 0 Å². The van der Waals surface area contributed by atoms with E-state index in [9.17, 15) is 9.59 Å². The number of hydrazine groups is 1. The minimum absolute atomic E-state index is 0.224. The van der Waals surface area contributed by atoms with Crippen molar-refractivity contribution >= 4 is 11.8 Å². The van der Waals surface area contributed by atoms with Crippen LogP contribution in [0.5, 0.6) is 0 Å². The number of unbranched alkanes of at least 4 members (excludes halogenated alkanes) is 1. The predicted molar refractivity (Wildman–Crippen MR) is 41.0 cm³/mol. The molecule has 0 fully saturated rings. The first kappa shape index (κ1) is 10.7. The van der Waals surface area contributed by atoms with Gasteiger partial charge in [0.05, 0.1) is 0 Å². The number of nitrogens with two attached hydrogens (primary N) is 1. The molecule has 12 heavy (non-hydrogen) atoms. The maximum Gasteiger partial charge on any atom is 0.264 e. The lowest BCUT2D eigenvalue weighted by Gasteiger charge is -1.97. The Kier molecular flexibility index (Phi) is 5.72. The normalized spacial score (nSPS) is 9.08. The first-order chi connectivity index (χ1) is 5.70. The van der Waals surface area contributed by atoms with E-state index in [0.717, 1.165) is 0 Å². The largest absolute Gasteiger partial charge is 0.294 e. The number of hydrogen-bond acceptors (Lipinski definition) is 4. The highest BCUT2D eigenvalue weighted by molar-refractivity contribution is 5.76. The maximum atomic E-state index is 10.5. The van der Waals surface area contributed by atoms with Gasteiger partial charge in [-0.3, -0.25) is 15.0 Å². The van der Waals surface area contributed by atoms with Crippen LogP contribution in [0.25, 0.3) is 0 Å². The molecule has 0 aromatic heterocycles. The third kappa shape index (κ3) is 5.48. The second-order valence-electron chi connectivity index (χ2n) is 2.28. The van der Waals surface area contributed by atoms with E-state index in [2.05, 4.69) is 5.11 Å². The van der Waals surface area contributed by atoms with E-state index in [4.69, 9.17) is 11.4 Å². The maximum absolute atomic E-state index is 10.5. The van der Waals surface area contributed by atoms with Crippen molar-refractivity contribution in [3.8, 4) is 0 Å². The van der Waals surface area contributed by atoms with E-state index in [1.54, 1.807) is 0 Å². The third-order valence-corrected chi connectivity index (χ3v) is 1.33. The highest BCUT2D eigenvalue weighted by Gasteiger charge is 2.00. The zero-order valence-corrected chi connectivity index (χ0v) is 6.67. The zero-order valence-electron chi connectivity index (χ0n) is 6.67. The molecule has 0 radical (unpaired) electrons. The van der Waals surface area contributed by atoms with Crippen LogP contribution in [0.2, 0.25) is 0 Å². The summed E-state index contributed by atoms with van der Waals surface area (Å²) in [6, 6.07) is 0. The van der Waals surface area contributed by atoms with Crippen LogP contribution in [0.15, 0.2) is 5.11 Å². The van der Waals surface area contributed by atoms with Gasteiger partial charge in [-0.2, -0.15) is 0 Å². The van der Waals surface area contributed by atoms with E-state index in [1.807, 2.05) is 5.43 Å². The van der Waals surface area contributed by atoms with Gasteiger partial charge in [-0.1, -0.05) is 0 Å². The van der Waals surface area contributed by atoms with Crippen molar-refractivity contribution in [3.05, 3.63) is 0 Å². The summed E-state index contributed by atoms with van der Waals surface area (Å²) in [5.74, 6) is 4.12. The molecule has 0 saturated carbocycles. The molecule has 6 nitrogen and oxygen atoms in total. The number of rotatable bonds is 5. The lowest BCUT2D eigenvalue weighted by atomic mass is 10.2. The number of nitrogens with one attached hydrogen (secondary N) is 2. The van der Waals surface area contributed by atoms with Crippen molar-refractivity contribution in [2.75, 3.05) is 0 Å². The Morgan fingerprint density at radius 1 is 1.33 bits per heavy atom. The summed E-state index contributed by atoms with van der Waals surface area (Å²) < 4.78 is 0. The van der Waals surface area contributed by atoms with Crippen LogP contribution in [0.4, 0.5) is 0 Å². The Balaban J connectivity index is 3.27. The Labute approximate surface area is 70.0 Å². The molecule has 0 atom stereocenters. The van der Waals surface area contributed by atoms with Gasteiger partial charge < -0.3 is 0 Å². The summed E-state index contributed by atoms with van der Waals surface area (Å²) in [4.78, 5) is 21.0. The average molecular weight is 172 g/mol. The lowest BCUT2D eigenvalue weighted by molar-refractivity contribution is -0.122. The van der Waals surface area contributed by atoms with Crippen molar-refractivity contribution < 1.29 is 9.59 Å². The Morgan fingerprint density at radius 3 is 2.42 bits per heavy atom. The molecule has 0 rings (SSSR count). The molecule has 0 aliphatic carbocycles.